The van der Waals surface area contributed by atoms with Gasteiger partial charge < -0.3 is 20.3 Å². The fourth-order valence-corrected chi connectivity index (χ4v) is 3.98. The molecule has 28 heavy (non-hydrogen) atoms. The number of benzene rings is 1. The highest BCUT2D eigenvalue weighted by Gasteiger charge is 2.18. The molecule has 2 N–H and O–H groups in total. The Kier molecular flexibility index (Phi) is 5.38. The smallest absolute Gasteiger partial charge is 0.317 e. The van der Waals surface area contributed by atoms with Crippen molar-refractivity contribution >= 4 is 23.3 Å². The molecule has 2 amide bonds. The SMILES string of the molecule is COc1ccc(-c2ccc(-c3ccnc(NCCN4CCNC4=O)n3)s2)cc1. The molecule has 0 atom stereocenters. The number of carbonyl (C=O) groups excluding carboxylic acids is 1. The largest absolute Gasteiger partial charge is 0.497 e. The molecule has 1 aromatic carbocycles. The molecule has 1 saturated heterocycles. The molecule has 7 nitrogen and oxygen atoms in total. The summed E-state index contributed by atoms with van der Waals surface area (Å²) in [5, 5.41) is 5.99. The van der Waals surface area contributed by atoms with E-state index in [1.807, 2.05) is 18.2 Å². The summed E-state index contributed by atoms with van der Waals surface area (Å²) in [4.78, 5) is 24.5. The number of nitrogens with zero attached hydrogens (tertiary/aromatic N) is 3. The van der Waals surface area contributed by atoms with E-state index in [1.54, 1.807) is 29.5 Å². The first-order chi connectivity index (χ1) is 13.7. The van der Waals surface area contributed by atoms with Crippen molar-refractivity contribution in [2.75, 3.05) is 38.6 Å². The molecule has 1 fully saturated rings. The molecule has 3 heterocycles. The van der Waals surface area contributed by atoms with Crippen LogP contribution >= 0.6 is 11.3 Å². The third-order valence-electron chi connectivity index (χ3n) is 4.50. The Labute approximate surface area is 167 Å². The Morgan fingerprint density at radius 1 is 1.18 bits per heavy atom. The fourth-order valence-electron chi connectivity index (χ4n) is 2.99. The zero-order valence-electron chi connectivity index (χ0n) is 15.5. The van der Waals surface area contributed by atoms with Gasteiger partial charge in [0.1, 0.15) is 5.75 Å². The van der Waals surface area contributed by atoms with Crippen molar-refractivity contribution in [2.45, 2.75) is 0 Å². The molecule has 1 aliphatic rings. The molecule has 0 radical (unpaired) electrons. The molecule has 2 aromatic heterocycles. The van der Waals surface area contributed by atoms with Gasteiger partial charge in [-0.05, 0) is 48.0 Å². The van der Waals surface area contributed by atoms with Gasteiger partial charge in [0, 0.05) is 37.3 Å². The first-order valence-electron chi connectivity index (χ1n) is 9.07. The molecule has 4 rings (SSSR count). The summed E-state index contributed by atoms with van der Waals surface area (Å²) in [7, 11) is 1.67. The lowest BCUT2D eigenvalue weighted by atomic mass is 10.2. The number of anilines is 1. The van der Waals surface area contributed by atoms with Crippen molar-refractivity contribution in [3.63, 3.8) is 0 Å². The van der Waals surface area contributed by atoms with Crippen molar-refractivity contribution in [3.8, 4) is 26.8 Å². The number of nitrogens with one attached hydrogen (secondary N) is 2. The third-order valence-corrected chi connectivity index (χ3v) is 5.66. The Morgan fingerprint density at radius 3 is 2.75 bits per heavy atom. The summed E-state index contributed by atoms with van der Waals surface area (Å²) < 4.78 is 5.22. The van der Waals surface area contributed by atoms with Crippen molar-refractivity contribution in [2.24, 2.45) is 0 Å². The van der Waals surface area contributed by atoms with Gasteiger partial charge in [0.2, 0.25) is 5.95 Å². The van der Waals surface area contributed by atoms with Gasteiger partial charge in [0.15, 0.2) is 0 Å². The number of methoxy groups -OCH3 is 1. The fraction of sp³-hybridized carbons (Fsp3) is 0.250. The van der Waals surface area contributed by atoms with E-state index in [1.165, 1.54) is 4.88 Å². The summed E-state index contributed by atoms with van der Waals surface area (Å²) in [6.45, 7) is 2.68. The average Bonchev–Trinajstić information content (AvgIpc) is 3.38. The van der Waals surface area contributed by atoms with Gasteiger partial charge in [-0.2, -0.15) is 0 Å². The van der Waals surface area contributed by atoms with Crippen molar-refractivity contribution < 1.29 is 9.53 Å². The van der Waals surface area contributed by atoms with E-state index in [2.05, 4.69) is 44.9 Å². The van der Waals surface area contributed by atoms with E-state index in [0.717, 1.165) is 28.4 Å². The maximum Gasteiger partial charge on any atom is 0.317 e. The number of thiophene rings is 1. The van der Waals surface area contributed by atoms with Crippen LogP contribution in [0.25, 0.3) is 21.0 Å². The third kappa shape index (κ3) is 4.07. The minimum atomic E-state index is -0.0129. The summed E-state index contributed by atoms with van der Waals surface area (Å²) >= 11 is 1.69. The predicted octanol–water partition coefficient (Wildman–Crippen LogP) is 3.32. The monoisotopic (exact) mass is 395 g/mol. The first kappa shape index (κ1) is 18.2. The highest BCUT2D eigenvalue weighted by atomic mass is 32.1. The zero-order chi connectivity index (χ0) is 19.3. The van der Waals surface area contributed by atoms with Crippen LogP contribution in [0.2, 0.25) is 0 Å². The number of hydrogen-bond acceptors (Lipinski definition) is 6. The topological polar surface area (TPSA) is 79.4 Å². The highest BCUT2D eigenvalue weighted by molar-refractivity contribution is 7.18. The van der Waals surface area contributed by atoms with E-state index in [0.29, 0.717) is 25.6 Å². The van der Waals surface area contributed by atoms with Crippen LogP contribution in [0.3, 0.4) is 0 Å². The van der Waals surface area contributed by atoms with Gasteiger partial charge in [-0.25, -0.2) is 14.8 Å². The van der Waals surface area contributed by atoms with Gasteiger partial charge in [0.25, 0.3) is 0 Å². The highest BCUT2D eigenvalue weighted by Crippen LogP contribution is 2.34. The first-order valence-corrected chi connectivity index (χ1v) is 9.89. The van der Waals surface area contributed by atoms with Gasteiger partial charge in [-0.3, -0.25) is 0 Å². The number of amides is 2. The Morgan fingerprint density at radius 2 is 2.00 bits per heavy atom. The molecule has 3 aromatic rings. The molecular weight excluding hydrogens is 374 g/mol. The number of hydrogen-bond donors (Lipinski definition) is 2. The van der Waals surface area contributed by atoms with Crippen LogP contribution in [0.5, 0.6) is 5.75 Å². The second kappa shape index (κ2) is 8.26. The Hall–Kier alpha value is -3.13. The molecule has 0 unspecified atom stereocenters. The standard InChI is InChI=1S/C20H21N5O2S/c1-27-15-4-2-14(3-5-15)17-6-7-18(28-17)16-8-9-21-19(24-16)22-10-12-25-13-11-23-20(25)26/h2-9H,10-13H2,1H3,(H,23,26)(H,21,22,24). The molecule has 0 bridgehead atoms. The second-order valence-electron chi connectivity index (χ2n) is 6.30. The van der Waals surface area contributed by atoms with Crippen molar-refractivity contribution in [1.29, 1.82) is 0 Å². The van der Waals surface area contributed by atoms with Gasteiger partial charge in [-0.15, -0.1) is 11.3 Å². The number of aromatic nitrogens is 2. The molecule has 0 spiro atoms. The van der Waals surface area contributed by atoms with Crippen molar-refractivity contribution in [3.05, 3.63) is 48.7 Å². The lowest BCUT2D eigenvalue weighted by Gasteiger charge is -2.14. The number of carbonyl (C=O) groups is 1. The predicted molar refractivity (Wildman–Crippen MR) is 111 cm³/mol. The summed E-state index contributed by atoms with van der Waals surface area (Å²) in [5.41, 5.74) is 2.02. The van der Waals surface area contributed by atoms with Crippen LogP contribution < -0.4 is 15.4 Å². The maximum atomic E-state index is 11.6. The number of rotatable bonds is 7. The van der Waals surface area contributed by atoms with Crippen LogP contribution in [0.15, 0.2) is 48.7 Å². The lowest BCUT2D eigenvalue weighted by Crippen LogP contribution is -2.32. The Bertz CT molecular complexity index is 957. The average molecular weight is 395 g/mol. The summed E-state index contributed by atoms with van der Waals surface area (Å²) in [6, 6.07) is 14.1. The van der Waals surface area contributed by atoms with Crippen LogP contribution in [-0.2, 0) is 0 Å². The second-order valence-corrected chi connectivity index (χ2v) is 7.39. The van der Waals surface area contributed by atoms with Crippen molar-refractivity contribution in [1.82, 2.24) is 20.2 Å². The van der Waals surface area contributed by atoms with Gasteiger partial charge in [-0.1, -0.05) is 0 Å². The van der Waals surface area contributed by atoms with E-state index < -0.39 is 0 Å². The zero-order valence-corrected chi connectivity index (χ0v) is 16.3. The normalized spacial score (nSPS) is 13.5. The van der Waals surface area contributed by atoms with Crippen LogP contribution in [-0.4, -0.2) is 54.2 Å². The molecule has 8 heteroatoms. The van der Waals surface area contributed by atoms with E-state index in [9.17, 15) is 4.79 Å². The maximum absolute atomic E-state index is 11.6. The van der Waals surface area contributed by atoms with E-state index in [4.69, 9.17) is 4.74 Å². The summed E-state index contributed by atoms with van der Waals surface area (Å²) in [5.74, 6) is 1.41. The minimum absolute atomic E-state index is 0.0129. The molecule has 1 aliphatic heterocycles. The summed E-state index contributed by atoms with van der Waals surface area (Å²) in [6.07, 6.45) is 1.75. The van der Waals surface area contributed by atoms with E-state index >= 15 is 0 Å². The lowest BCUT2D eigenvalue weighted by molar-refractivity contribution is 0.219. The van der Waals surface area contributed by atoms with Crippen LogP contribution in [0.1, 0.15) is 0 Å². The van der Waals surface area contributed by atoms with Gasteiger partial charge >= 0.3 is 6.03 Å². The molecule has 144 valence electrons. The van der Waals surface area contributed by atoms with Gasteiger partial charge in [0.05, 0.1) is 17.7 Å². The molecular formula is C20H21N5O2S. The van der Waals surface area contributed by atoms with E-state index in [-0.39, 0.29) is 6.03 Å². The number of ether oxygens (including phenoxy) is 1. The number of urea groups is 1. The molecule has 0 aliphatic carbocycles. The minimum Gasteiger partial charge on any atom is -0.497 e. The quantitative estimate of drug-likeness (QED) is 0.642. The molecule has 0 saturated carbocycles. The van der Waals surface area contributed by atoms with Crippen LogP contribution in [0.4, 0.5) is 10.7 Å². The van der Waals surface area contributed by atoms with Crippen LogP contribution in [0, 0.1) is 0 Å². The Balaban J connectivity index is 1.42.